The van der Waals surface area contributed by atoms with Crippen molar-refractivity contribution in [2.24, 2.45) is 28.6 Å². The van der Waals surface area contributed by atoms with Gasteiger partial charge in [-0.25, -0.2) is 8.96 Å². The fourth-order valence-electron chi connectivity index (χ4n) is 7.26. The van der Waals surface area contributed by atoms with E-state index >= 15 is 4.39 Å². The van der Waals surface area contributed by atoms with E-state index in [0.717, 1.165) is 6.92 Å². The zero-order valence-electron chi connectivity index (χ0n) is 21.2. The number of carbonyl (C=O) groups excluding carboxylic acids is 2. The number of allylic oxidation sites excluding steroid dienone is 4. The number of fused-ring (bicyclic) bond motifs is 5. The molecule has 0 aliphatic heterocycles. The number of hydrogen-bond donors (Lipinski definition) is 7. The Bertz CT molecular complexity index is 1040. The molecule has 37 heavy (non-hydrogen) atoms. The van der Waals surface area contributed by atoms with Crippen molar-refractivity contribution in [3.63, 3.8) is 0 Å². The van der Waals surface area contributed by atoms with Gasteiger partial charge in [0.2, 0.25) is 0 Å². The third-order valence-electron chi connectivity index (χ3n) is 8.79. The highest BCUT2D eigenvalue weighted by molar-refractivity contribution is 7.45. The highest BCUT2D eigenvalue weighted by Crippen LogP contribution is 2.70. The summed E-state index contributed by atoms with van der Waals surface area (Å²) >= 11 is 0. The van der Waals surface area contributed by atoms with Crippen LogP contribution in [0.2, 0.25) is 0 Å². The molecule has 3 fully saturated rings. The molecule has 0 saturated heterocycles. The molecule has 4 aliphatic rings. The number of aliphatic carboxylic acids is 1. The van der Waals surface area contributed by atoms with Gasteiger partial charge >= 0.3 is 7.82 Å². The van der Waals surface area contributed by atoms with Gasteiger partial charge in [0.15, 0.2) is 17.2 Å². The molecule has 0 unspecified atom stereocenters. The van der Waals surface area contributed by atoms with E-state index in [1.807, 2.05) is 0 Å². The Morgan fingerprint density at radius 1 is 1.19 bits per heavy atom. The molecule has 0 spiro atoms. The van der Waals surface area contributed by atoms with E-state index in [1.165, 1.54) is 12.2 Å². The summed E-state index contributed by atoms with van der Waals surface area (Å²) in [6.07, 6.45) is 4.44. The number of carboxylic acid groups (broad SMARTS) is 1. The van der Waals surface area contributed by atoms with Gasteiger partial charge in [-0.3, -0.25) is 14.4 Å². The lowest BCUT2D eigenvalue weighted by atomic mass is 9.44. The second kappa shape index (κ2) is 10.4. The van der Waals surface area contributed by atoms with Crippen LogP contribution in [-0.2, 0) is 18.9 Å². The van der Waals surface area contributed by atoms with Gasteiger partial charge in [-0.1, -0.05) is 25.5 Å². The number of halogens is 1. The minimum atomic E-state index is -4.64. The van der Waals surface area contributed by atoms with Crippen LogP contribution in [0.3, 0.4) is 0 Å². The van der Waals surface area contributed by atoms with E-state index in [1.54, 1.807) is 26.8 Å². The lowest BCUT2D eigenvalue weighted by Crippen LogP contribution is -2.69. The SMILES string of the molecule is CC(=O)O.C[C@@H]1C[C@H]2[C@@H]3CCC4=CC(=O)C=C[C@]4(C)[C@@]3(F)[C@@H](O)C[C@]2(C)[C@@]1(O)C(=O)CO.O=P(O)(O)O. The molecule has 11 nitrogen and oxygen atoms in total. The molecular formula is C24H36FO11P. The summed E-state index contributed by atoms with van der Waals surface area (Å²) in [5.41, 5.74) is -5.17. The molecular weight excluding hydrogens is 514 g/mol. The number of carbonyl (C=O) groups is 3. The number of phosphoric acid groups is 1. The van der Waals surface area contributed by atoms with E-state index in [0.29, 0.717) is 24.8 Å². The highest BCUT2D eigenvalue weighted by atomic mass is 31.2. The van der Waals surface area contributed by atoms with E-state index in [9.17, 15) is 24.9 Å². The second-order valence-corrected chi connectivity index (χ2v) is 11.8. The molecule has 0 bridgehead atoms. The van der Waals surface area contributed by atoms with E-state index in [4.69, 9.17) is 29.1 Å². The molecule has 8 atom stereocenters. The smallest absolute Gasteiger partial charge is 0.466 e. The Balaban J connectivity index is 0.000000464. The van der Waals surface area contributed by atoms with Crippen LogP contribution in [0.4, 0.5) is 4.39 Å². The summed E-state index contributed by atoms with van der Waals surface area (Å²) in [5.74, 6) is -2.95. The van der Waals surface area contributed by atoms with E-state index < -0.39 is 66.2 Å². The normalized spacial score (nSPS) is 42.0. The zero-order chi connectivity index (χ0) is 28.8. The summed E-state index contributed by atoms with van der Waals surface area (Å²) in [6.45, 7) is 5.56. The summed E-state index contributed by atoms with van der Waals surface area (Å²) in [7, 11) is -4.64. The van der Waals surface area contributed by atoms with Crippen molar-refractivity contribution in [2.45, 2.75) is 70.8 Å². The predicted molar refractivity (Wildman–Crippen MR) is 128 cm³/mol. The van der Waals surface area contributed by atoms with Gasteiger partial charge in [0, 0.05) is 23.7 Å². The third kappa shape index (κ3) is 5.25. The lowest BCUT2D eigenvalue weighted by Gasteiger charge is -2.62. The molecule has 0 aromatic carbocycles. The Hall–Kier alpha value is -1.79. The number of rotatable bonds is 2. The number of Topliss-reactive ketones (excluding diaryl/α,β-unsaturated/α-hetero) is 1. The van der Waals surface area contributed by atoms with Crippen molar-refractivity contribution in [1.29, 1.82) is 0 Å². The van der Waals surface area contributed by atoms with Gasteiger partial charge in [-0.15, -0.1) is 0 Å². The van der Waals surface area contributed by atoms with Crippen molar-refractivity contribution in [2.75, 3.05) is 6.61 Å². The van der Waals surface area contributed by atoms with Crippen LogP contribution in [0.25, 0.3) is 0 Å². The molecule has 0 radical (unpaired) electrons. The average Bonchev–Trinajstić information content (AvgIpc) is 2.94. The number of aliphatic hydroxyl groups excluding tert-OH is 2. The number of ketones is 2. The van der Waals surface area contributed by atoms with Crippen LogP contribution >= 0.6 is 7.82 Å². The average molecular weight is 551 g/mol. The van der Waals surface area contributed by atoms with Gasteiger partial charge in [0.05, 0.1) is 6.10 Å². The molecule has 0 amide bonds. The van der Waals surface area contributed by atoms with Crippen molar-refractivity contribution in [3.05, 3.63) is 23.8 Å². The van der Waals surface area contributed by atoms with Gasteiger partial charge in [0.25, 0.3) is 5.97 Å². The molecule has 210 valence electrons. The van der Waals surface area contributed by atoms with Crippen LogP contribution < -0.4 is 0 Å². The lowest BCUT2D eigenvalue weighted by molar-refractivity contribution is -0.219. The van der Waals surface area contributed by atoms with Crippen molar-refractivity contribution < 1.29 is 58.4 Å². The Labute approximate surface area is 214 Å². The van der Waals surface area contributed by atoms with Gasteiger partial charge in [0.1, 0.15) is 12.2 Å². The first-order valence-electron chi connectivity index (χ1n) is 11.9. The molecule has 7 N–H and O–H groups in total. The van der Waals surface area contributed by atoms with Gasteiger partial charge < -0.3 is 35.1 Å². The van der Waals surface area contributed by atoms with Crippen LogP contribution in [0, 0.1) is 28.6 Å². The topological polar surface area (TPSA) is 210 Å². The molecule has 0 aromatic rings. The maximum Gasteiger partial charge on any atom is 0.466 e. The molecule has 0 heterocycles. The van der Waals surface area contributed by atoms with Crippen LogP contribution in [-0.4, -0.2) is 76.6 Å². The third-order valence-corrected chi connectivity index (χ3v) is 8.79. The second-order valence-electron chi connectivity index (χ2n) is 10.8. The first-order chi connectivity index (χ1) is 16.7. The summed E-state index contributed by atoms with van der Waals surface area (Å²) in [5, 5.41) is 39.4. The van der Waals surface area contributed by atoms with Gasteiger partial charge in [-0.2, -0.15) is 0 Å². The monoisotopic (exact) mass is 550 g/mol. The van der Waals surface area contributed by atoms with Crippen molar-refractivity contribution >= 4 is 25.4 Å². The fourth-order valence-corrected chi connectivity index (χ4v) is 7.26. The number of hydrogen-bond acceptors (Lipinski definition) is 7. The summed E-state index contributed by atoms with van der Waals surface area (Å²) in [6, 6.07) is 0. The molecule has 4 rings (SSSR count). The summed E-state index contributed by atoms with van der Waals surface area (Å²) < 4.78 is 25.7. The van der Waals surface area contributed by atoms with Crippen LogP contribution in [0.5, 0.6) is 0 Å². The Kier molecular flexibility index (Phi) is 8.84. The summed E-state index contributed by atoms with van der Waals surface area (Å²) in [4.78, 5) is 54.9. The highest BCUT2D eigenvalue weighted by Gasteiger charge is 2.75. The first-order valence-corrected chi connectivity index (χ1v) is 13.4. The molecule has 3 saturated carbocycles. The number of alkyl halides is 1. The molecule has 0 aromatic heterocycles. The van der Waals surface area contributed by atoms with Crippen LogP contribution in [0.15, 0.2) is 23.8 Å². The number of carboxylic acids is 1. The van der Waals surface area contributed by atoms with E-state index in [-0.39, 0.29) is 18.1 Å². The van der Waals surface area contributed by atoms with Crippen LogP contribution in [0.1, 0.15) is 53.4 Å². The first kappa shape index (κ1) is 31.4. The maximum atomic E-state index is 16.9. The minimum Gasteiger partial charge on any atom is -0.481 e. The van der Waals surface area contributed by atoms with Gasteiger partial charge in [-0.05, 0) is 56.6 Å². The standard InChI is InChI=1S/C22H29FO5.C2H4O2.H3O4P/c1-12-8-16-15-5-4-13-9-14(25)6-7-19(13,2)21(15,23)17(26)10-20(16,3)22(12,28)18(27)11-24;1-2(3)4;1-5(2,3)4/h6-7,9,12,15-17,24,26,28H,4-5,8,10-11H2,1-3H3;1H3,(H,3,4);(H3,1,2,3,4)/t12-,15+,16+,17+,19+,20+,21+,22+;;/m1../s1. The Morgan fingerprint density at radius 2 is 1.70 bits per heavy atom. The van der Waals surface area contributed by atoms with Crippen molar-refractivity contribution in [3.8, 4) is 0 Å². The maximum absolute atomic E-state index is 16.9. The van der Waals surface area contributed by atoms with Crippen molar-refractivity contribution in [1.82, 2.24) is 0 Å². The fraction of sp³-hybridized carbons (Fsp3) is 0.708. The predicted octanol–water partition coefficient (Wildman–Crippen LogP) is 1.06. The Morgan fingerprint density at radius 3 is 2.19 bits per heavy atom. The van der Waals surface area contributed by atoms with E-state index in [2.05, 4.69) is 0 Å². The molecule has 13 heteroatoms. The zero-order valence-corrected chi connectivity index (χ0v) is 22.1. The minimum absolute atomic E-state index is 0.0676. The largest absolute Gasteiger partial charge is 0.481 e. The molecule has 4 aliphatic carbocycles. The number of aliphatic hydroxyl groups is 3. The quantitative estimate of drug-likeness (QED) is 0.242.